The van der Waals surface area contributed by atoms with Gasteiger partial charge in [0.2, 0.25) is 0 Å². The Hall–Kier alpha value is -5.41. The average molecular weight is 596 g/mol. The minimum atomic E-state index is -0.0821. The van der Waals surface area contributed by atoms with Gasteiger partial charge in [-0.05, 0) is 98.6 Å². The van der Waals surface area contributed by atoms with Crippen LogP contribution in [0.3, 0.4) is 0 Å². The summed E-state index contributed by atoms with van der Waals surface area (Å²) in [5, 5.41) is 4.46. The Bertz CT molecular complexity index is 2010. The van der Waals surface area contributed by atoms with E-state index in [0.717, 1.165) is 28.3 Å². The van der Waals surface area contributed by atoms with Crippen molar-refractivity contribution in [1.29, 1.82) is 0 Å². The molecule has 0 radical (unpaired) electrons. The molecule has 0 atom stereocenters. The maximum absolute atomic E-state index is 4.46. The third-order valence-electron chi connectivity index (χ3n) is 9.98. The van der Waals surface area contributed by atoms with Gasteiger partial charge in [-0.3, -0.25) is 5.43 Å². The maximum Gasteiger partial charge on any atom is 0.0561 e. The Morgan fingerprint density at radius 2 is 0.935 bits per heavy atom. The number of para-hydroxylation sites is 1. The number of hydrogen-bond acceptors (Lipinski definition) is 3. The molecule has 0 amide bonds. The van der Waals surface area contributed by atoms with Gasteiger partial charge in [-0.2, -0.15) is 5.10 Å². The summed E-state index contributed by atoms with van der Waals surface area (Å²) < 4.78 is 0. The quantitative estimate of drug-likeness (QED) is 0.153. The van der Waals surface area contributed by atoms with Crippen molar-refractivity contribution in [3.8, 4) is 22.3 Å². The highest BCUT2D eigenvalue weighted by atomic mass is 15.3. The van der Waals surface area contributed by atoms with Crippen LogP contribution in [-0.2, 0) is 10.8 Å². The molecule has 0 unspecified atom stereocenters. The predicted octanol–water partition coefficient (Wildman–Crippen LogP) is 11.2. The van der Waals surface area contributed by atoms with E-state index in [0.29, 0.717) is 0 Å². The molecule has 0 saturated carbocycles. The van der Waals surface area contributed by atoms with Gasteiger partial charge in [0.1, 0.15) is 0 Å². The summed E-state index contributed by atoms with van der Waals surface area (Å²) in [6.45, 7) is 9.38. The highest BCUT2D eigenvalue weighted by molar-refractivity contribution is 5.89. The molecule has 2 aliphatic carbocycles. The van der Waals surface area contributed by atoms with Crippen molar-refractivity contribution in [1.82, 2.24) is 0 Å². The molecule has 8 rings (SSSR count). The van der Waals surface area contributed by atoms with E-state index in [1.54, 1.807) is 0 Å². The Morgan fingerprint density at radius 1 is 0.478 bits per heavy atom. The molecule has 2 aliphatic rings. The fourth-order valence-corrected chi connectivity index (χ4v) is 7.51. The summed E-state index contributed by atoms with van der Waals surface area (Å²) >= 11 is 0. The second-order valence-electron chi connectivity index (χ2n) is 13.5. The van der Waals surface area contributed by atoms with E-state index in [4.69, 9.17) is 0 Å². The summed E-state index contributed by atoms with van der Waals surface area (Å²) in [7, 11) is 0. The molecule has 46 heavy (non-hydrogen) atoms. The summed E-state index contributed by atoms with van der Waals surface area (Å²) in [5.74, 6) is 0. The van der Waals surface area contributed by atoms with Gasteiger partial charge in [-0.25, -0.2) is 0 Å². The summed E-state index contributed by atoms with van der Waals surface area (Å²) in [6, 6.07) is 50.4. The minimum Gasteiger partial charge on any atom is -0.310 e. The predicted molar refractivity (Wildman–Crippen MR) is 194 cm³/mol. The molecule has 0 aliphatic heterocycles. The standard InChI is InChI=1S/C43H37N3/c1-42(2)38-16-10-8-14-34(38)36-24-22-32(26-40(36)42)46(31-20-18-29(19-21-31)28-44-45-30-12-6-5-7-13-30)33-23-25-37-35-15-9-11-17-39(35)43(3,4)41(37)27-33/h5-28,45H,1-4H3. The van der Waals surface area contributed by atoms with Gasteiger partial charge in [-0.15, -0.1) is 0 Å². The molecule has 0 fully saturated rings. The second kappa shape index (κ2) is 10.6. The SMILES string of the molecule is CC1(C)c2ccccc2-c2ccc(N(c3ccc(C=NNc4ccccc4)cc3)c3ccc4c(c3)C(C)(C)c3ccccc3-4)cc21. The van der Waals surface area contributed by atoms with Crippen LogP contribution in [0.2, 0.25) is 0 Å². The van der Waals surface area contributed by atoms with Crippen molar-refractivity contribution in [3.63, 3.8) is 0 Å². The van der Waals surface area contributed by atoms with Crippen molar-refractivity contribution in [3.05, 3.63) is 167 Å². The number of hydrazone groups is 1. The lowest BCUT2D eigenvalue weighted by Gasteiger charge is -2.29. The van der Waals surface area contributed by atoms with Crippen LogP contribution in [0.25, 0.3) is 22.3 Å². The first-order valence-electron chi connectivity index (χ1n) is 16.1. The van der Waals surface area contributed by atoms with E-state index < -0.39 is 0 Å². The lowest BCUT2D eigenvalue weighted by Crippen LogP contribution is -2.18. The van der Waals surface area contributed by atoms with E-state index in [-0.39, 0.29) is 10.8 Å². The topological polar surface area (TPSA) is 27.6 Å². The molecule has 0 bridgehead atoms. The van der Waals surface area contributed by atoms with Crippen LogP contribution >= 0.6 is 0 Å². The summed E-state index contributed by atoms with van der Waals surface area (Å²) in [4.78, 5) is 2.40. The van der Waals surface area contributed by atoms with E-state index in [1.807, 2.05) is 36.5 Å². The lowest BCUT2D eigenvalue weighted by molar-refractivity contribution is 0.660. The monoisotopic (exact) mass is 595 g/mol. The van der Waals surface area contributed by atoms with Gasteiger partial charge in [0, 0.05) is 27.9 Å². The highest BCUT2D eigenvalue weighted by Gasteiger charge is 2.37. The Morgan fingerprint density at radius 3 is 1.48 bits per heavy atom. The van der Waals surface area contributed by atoms with Crippen LogP contribution < -0.4 is 10.3 Å². The van der Waals surface area contributed by atoms with Gasteiger partial charge in [-0.1, -0.05) is 119 Å². The first-order chi connectivity index (χ1) is 22.3. The van der Waals surface area contributed by atoms with Crippen LogP contribution in [0.4, 0.5) is 22.7 Å². The number of nitrogens with one attached hydrogen (secondary N) is 1. The number of benzene rings is 6. The van der Waals surface area contributed by atoms with Gasteiger partial charge >= 0.3 is 0 Å². The molecule has 3 heteroatoms. The molecule has 6 aromatic carbocycles. The van der Waals surface area contributed by atoms with Crippen molar-refractivity contribution in [2.24, 2.45) is 5.10 Å². The number of rotatable bonds is 6. The molecule has 6 aromatic rings. The van der Waals surface area contributed by atoms with Crippen LogP contribution in [0.5, 0.6) is 0 Å². The number of fused-ring (bicyclic) bond motifs is 6. The molecule has 224 valence electrons. The first kappa shape index (κ1) is 28.1. The molecule has 3 nitrogen and oxygen atoms in total. The van der Waals surface area contributed by atoms with Crippen molar-refractivity contribution < 1.29 is 0 Å². The largest absolute Gasteiger partial charge is 0.310 e. The van der Waals surface area contributed by atoms with Crippen LogP contribution in [0.15, 0.2) is 145 Å². The number of nitrogens with zero attached hydrogens (tertiary/aromatic N) is 2. The van der Waals surface area contributed by atoms with Crippen LogP contribution in [0.1, 0.15) is 55.5 Å². The fraction of sp³-hybridized carbons (Fsp3) is 0.140. The summed E-state index contributed by atoms with van der Waals surface area (Å²) in [6.07, 6.45) is 1.87. The highest BCUT2D eigenvalue weighted by Crippen LogP contribution is 2.52. The van der Waals surface area contributed by atoms with E-state index >= 15 is 0 Å². The van der Waals surface area contributed by atoms with E-state index in [9.17, 15) is 0 Å². The van der Waals surface area contributed by atoms with E-state index in [1.165, 1.54) is 44.5 Å². The average Bonchev–Trinajstić information content (AvgIpc) is 3.45. The van der Waals surface area contributed by atoms with Gasteiger partial charge in [0.15, 0.2) is 0 Å². The number of anilines is 4. The van der Waals surface area contributed by atoms with Crippen molar-refractivity contribution in [2.45, 2.75) is 38.5 Å². The Labute approximate surface area is 271 Å². The third-order valence-corrected chi connectivity index (χ3v) is 9.98. The molecular weight excluding hydrogens is 558 g/mol. The maximum atomic E-state index is 4.46. The zero-order chi connectivity index (χ0) is 31.5. The normalized spacial score (nSPS) is 14.8. The smallest absolute Gasteiger partial charge is 0.0561 e. The van der Waals surface area contributed by atoms with Crippen LogP contribution in [0, 0.1) is 0 Å². The summed E-state index contributed by atoms with van der Waals surface area (Å²) in [5.41, 5.74) is 19.2. The molecule has 1 N–H and O–H groups in total. The second-order valence-corrected chi connectivity index (χ2v) is 13.5. The molecule has 0 spiro atoms. The number of hydrogen-bond donors (Lipinski definition) is 1. The lowest BCUT2D eigenvalue weighted by atomic mass is 9.82. The molecule has 0 heterocycles. The Kier molecular flexibility index (Phi) is 6.47. The van der Waals surface area contributed by atoms with Crippen LogP contribution in [-0.4, -0.2) is 6.21 Å². The Balaban J connectivity index is 1.22. The fourth-order valence-electron chi connectivity index (χ4n) is 7.51. The van der Waals surface area contributed by atoms with Crippen molar-refractivity contribution in [2.75, 3.05) is 10.3 Å². The minimum absolute atomic E-state index is 0.0821. The van der Waals surface area contributed by atoms with Gasteiger partial charge < -0.3 is 4.90 Å². The van der Waals surface area contributed by atoms with Gasteiger partial charge in [0.05, 0.1) is 11.9 Å². The van der Waals surface area contributed by atoms with Crippen molar-refractivity contribution >= 4 is 29.0 Å². The van der Waals surface area contributed by atoms with Gasteiger partial charge in [0.25, 0.3) is 0 Å². The van der Waals surface area contributed by atoms with E-state index in [2.05, 4.69) is 152 Å². The third kappa shape index (κ3) is 4.46. The molecule has 0 saturated heterocycles. The molecule has 0 aromatic heterocycles. The molecular formula is C43H37N3. The zero-order valence-corrected chi connectivity index (χ0v) is 26.8. The first-order valence-corrected chi connectivity index (χ1v) is 16.1. The zero-order valence-electron chi connectivity index (χ0n) is 26.8.